The number of aromatic amines is 1. The molecule has 0 bridgehead atoms. The number of nitrogens with zero attached hydrogens (tertiary/aromatic N) is 3. The molecule has 2 heterocycles. The van der Waals surface area contributed by atoms with Crippen LogP contribution in [0.25, 0.3) is 0 Å². The Kier molecular flexibility index (Phi) is 3.29. The molecule has 2 aromatic heterocycles. The maximum Gasteiger partial charge on any atom is 0.290 e. The molecule has 1 saturated carbocycles. The molecule has 0 aromatic carbocycles. The first-order valence-electron chi connectivity index (χ1n) is 6.34. The number of H-pyrrole nitrogens is 1. The molecule has 0 aliphatic heterocycles. The molecule has 0 atom stereocenters. The molecule has 0 spiro atoms. The van der Waals surface area contributed by atoms with Gasteiger partial charge in [-0.1, -0.05) is 0 Å². The number of aromatic nitrogens is 4. The first-order chi connectivity index (χ1) is 9.22. The van der Waals surface area contributed by atoms with Gasteiger partial charge in [0.1, 0.15) is 5.82 Å². The van der Waals surface area contributed by atoms with E-state index in [1.165, 1.54) is 0 Å². The SMILES string of the molecule is Cc1nc(CCNC(=O)c2n[nH]c(C3CC3)n2)cs1. The molecule has 2 aromatic rings. The van der Waals surface area contributed by atoms with E-state index >= 15 is 0 Å². The fourth-order valence-corrected chi connectivity index (χ4v) is 2.47. The second-order valence-electron chi connectivity index (χ2n) is 4.68. The van der Waals surface area contributed by atoms with E-state index in [1.54, 1.807) is 11.3 Å². The average Bonchev–Trinajstić information content (AvgIpc) is 2.97. The van der Waals surface area contributed by atoms with E-state index in [0.29, 0.717) is 12.5 Å². The number of rotatable bonds is 5. The molecule has 0 saturated heterocycles. The number of hydrogen-bond acceptors (Lipinski definition) is 5. The molecule has 3 rings (SSSR count). The van der Waals surface area contributed by atoms with Gasteiger partial charge in [0.25, 0.3) is 5.91 Å². The summed E-state index contributed by atoms with van der Waals surface area (Å²) in [6, 6.07) is 0. The maximum absolute atomic E-state index is 11.8. The number of carbonyl (C=O) groups excluding carboxylic acids is 1. The minimum absolute atomic E-state index is 0.227. The van der Waals surface area contributed by atoms with Crippen molar-refractivity contribution in [3.8, 4) is 0 Å². The highest BCUT2D eigenvalue weighted by molar-refractivity contribution is 7.09. The molecular weight excluding hydrogens is 262 g/mol. The van der Waals surface area contributed by atoms with Gasteiger partial charge >= 0.3 is 0 Å². The molecule has 0 radical (unpaired) electrons. The molecule has 2 N–H and O–H groups in total. The number of hydrogen-bond donors (Lipinski definition) is 2. The van der Waals surface area contributed by atoms with Gasteiger partial charge in [-0.3, -0.25) is 9.89 Å². The largest absolute Gasteiger partial charge is 0.349 e. The van der Waals surface area contributed by atoms with Crippen molar-refractivity contribution in [1.82, 2.24) is 25.5 Å². The Morgan fingerprint density at radius 3 is 3.05 bits per heavy atom. The van der Waals surface area contributed by atoms with Gasteiger partial charge in [0, 0.05) is 24.3 Å². The highest BCUT2D eigenvalue weighted by atomic mass is 32.1. The van der Waals surface area contributed by atoms with Crippen LogP contribution in [-0.2, 0) is 6.42 Å². The minimum atomic E-state index is -0.227. The first kappa shape index (κ1) is 12.3. The van der Waals surface area contributed by atoms with E-state index in [0.717, 1.165) is 35.8 Å². The summed E-state index contributed by atoms with van der Waals surface area (Å²) < 4.78 is 0. The lowest BCUT2D eigenvalue weighted by atomic mass is 10.3. The molecule has 1 amide bonds. The van der Waals surface area contributed by atoms with Gasteiger partial charge < -0.3 is 5.32 Å². The first-order valence-corrected chi connectivity index (χ1v) is 7.22. The van der Waals surface area contributed by atoms with Crippen molar-refractivity contribution in [2.45, 2.75) is 32.1 Å². The summed E-state index contributed by atoms with van der Waals surface area (Å²) in [5, 5.41) is 12.6. The lowest BCUT2D eigenvalue weighted by molar-refractivity contribution is 0.0944. The quantitative estimate of drug-likeness (QED) is 0.865. The number of thiazole rings is 1. The number of aryl methyl sites for hydroxylation is 1. The van der Waals surface area contributed by atoms with Crippen molar-refractivity contribution >= 4 is 17.2 Å². The van der Waals surface area contributed by atoms with Crippen LogP contribution in [0.5, 0.6) is 0 Å². The Morgan fingerprint density at radius 2 is 2.37 bits per heavy atom. The molecule has 19 heavy (non-hydrogen) atoms. The summed E-state index contributed by atoms with van der Waals surface area (Å²) in [6.07, 6.45) is 3.01. The molecule has 6 nitrogen and oxygen atoms in total. The Morgan fingerprint density at radius 1 is 1.53 bits per heavy atom. The van der Waals surface area contributed by atoms with E-state index in [-0.39, 0.29) is 11.7 Å². The van der Waals surface area contributed by atoms with Crippen LogP contribution in [0, 0.1) is 6.92 Å². The lowest BCUT2D eigenvalue weighted by Gasteiger charge is -1.99. The van der Waals surface area contributed by atoms with Gasteiger partial charge in [0.2, 0.25) is 5.82 Å². The number of carbonyl (C=O) groups is 1. The number of nitrogens with one attached hydrogen (secondary N) is 2. The standard InChI is InChI=1S/C12H15N5OS/c1-7-14-9(6-19-7)4-5-13-12(18)11-15-10(16-17-11)8-2-3-8/h6,8H,2-5H2,1H3,(H,13,18)(H,15,16,17). The monoisotopic (exact) mass is 277 g/mol. The third-order valence-electron chi connectivity index (χ3n) is 3.00. The Hall–Kier alpha value is -1.76. The van der Waals surface area contributed by atoms with Gasteiger partial charge in [0.05, 0.1) is 10.7 Å². The second kappa shape index (κ2) is 5.08. The van der Waals surface area contributed by atoms with E-state index in [9.17, 15) is 4.79 Å². The van der Waals surface area contributed by atoms with Crippen LogP contribution in [0.4, 0.5) is 0 Å². The molecule has 0 unspecified atom stereocenters. The number of amides is 1. The van der Waals surface area contributed by atoms with E-state index in [4.69, 9.17) is 0 Å². The topological polar surface area (TPSA) is 83.6 Å². The summed E-state index contributed by atoms with van der Waals surface area (Å²) in [7, 11) is 0. The average molecular weight is 277 g/mol. The normalized spacial score (nSPS) is 14.6. The van der Waals surface area contributed by atoms with Crippen LogP contribution in [0.2, 0.25) is 0 Å². The van der Waals surface area contributed by atoms with Gasteiger partial charge in [-0.05, 0) is 19.8 Å². The highest BCUT2D eigenvalue weighted by Gasteiger charge is 2.28. The van der Waals surface area contributed by atoms with Crippen molar-refractivity contribution in [2.75, 3.05) is 6.54 Å². The fourth-order valence-electron chi connectivity index (χ4n) is 1.82. The summed E-state index contributed by atoms with van der Waals surface area (Å²) in [4.78, 5) is 20.4. The Balaban J connectivity index is 1.50. The van der Waals surface area contributed by atoms with Crippen LogP contribution < -0.4 is 5.32 Å². The molecule has 100 valence electrons. The van der Waals surface area contributed by atoms with Crippen LogP contribution in [0.15, 0.2) is 5.38 Å². The summed E-state index contributed by atoms with van der Waals surface area (Å²) in [5.41, 5.74) is 1.01. The zero-order valence-electron chi connectivity index (χ0n) is 10.6. The lowest BCUT2D eigenvalue weighted by Crippen LogP contribution is -2.26. The van der Waals surface area contributed by atoms with Crippen molar-refractivity contribution in [1.29, 1.82) is 0 Å². The van der Waals surface area contributed by atoms with Crippen molar-refractivity contribution in [3.05, 3.63) is 27.7 Å². The fraction of sp³-hybridized carbons (Fsp3) is 0.500. The van der Waals surface area contributed by atoms with Gasteiger partial charge in [0.15, 0.2) is 0 Å². The van der Waals surface area contributed by atoms with E-state index < -0.39 is 0 Å². The summed E-state index contributed by atoms with van der Waals surface area (Å²) in [5.74, 6) is 1.32. The second-order valence-corrected chi connectivity index (χ2v) is 5.74. The summed E-state index contributed by atoms with van der Waals surface area (Å²) in [6.45, 7) is 2.52. The van der Waals surface area contributed by atoms with Crippen LogP contribution in [-0.4, -0.2) is 32.6 Å². The van der Waals surface area contributed by atoms with Gasteiger partial charge in [-0.15, -0.1) is 16.4 Å². The molecule has 1 fully saturated rings. The zero-order chi connectivity index (χ0) is 13.2. The van der Waals surface area contributed by atoms with Crippen LogP contribution in [0.3, 0.4) is 0 Å². The smallest absolute Gasteiger partial charge is 0.290 e. The molecule has 1 aliphatic carbocycles. The Labute approximate surface area is 114 Å². The predicted molar refractivity (Wildman–Crippen MR) is 71.2 cm³/mol. The predicted octanol–water partition coefficient (Wildman–Crippen LogP) is 1.42. The van der Waals surface area contributed by atoms with Crippen LogP contribution in [0.1, 0.15) is 45.9 Å². The third kappa shape index (κ3) is 2.98. The van der Waals surface area contributed by atoms with Crippen molar-refractivity contribution in [2.24, 2.45) is 0 Å². The molecule has 1 aliphatic rings. The van der Waals surface area contributed by atoms with Crippen molar-refractivity contribution < 1.29 is 4.79 Å². The van der Waals surface area contributed by atoms with Crippen molar-refractivity contribution in [3.63, 3.8) is 0 Å². The molecule has 7 heteroatoms. The minimum Gasteiger partial charge on any atom is -0.349 e. The zero-order valence-corrected chi connectivity index (χ0v) is 11.5. The highest BCUT2D eigenvalue weighted by Crippen LogP contribution is 2.37. The van der Waals surface area contributed by atoms with Gasteiger partial charge in [-0.2, -0.15) is 0 Å². The van der Waals surface area contributed by atoms with E-state index in [1.807, 2.05) is 12.3 Å². The Bertz CT molecular complexity index is 586. The third-order valence-corrected chi connectivity index (χ3v) is 3.83. The van der Waals surface area contributed by atoms with Gasteiger partial charge in [-0.25, -0.2) is 9.97 Å². The van der Waals surface area contributed by atoms with E-state index in [2.05, 4.69) is 25.5 Å². The molecular formula is C12H15N5OS. The summed E-state index contributed by atoms with van der Waals surface area (Å²) >= 11 is 1.62. The van der Waals surface area contributed by atoms with Crippen LogP contribution >= 0.6 is 11.3 Å². The maximum atomic E-state index is 11.8.